The zero-order chi connectivity index (χ0) is 16.7. The topological polar surface area (TPSA) is 58.2 Å². The molecule has 0 radical (unpaired) electrons. The van der Waals surface area contributed by atoms with E-state index in [1.165, 1.54) is 0 Å². The van der Waals surface area contributed by atoms with Crippen LogP contribution in [0.4, 0.5) is 0 Å². The van der Waals surface area contributed by atoms with E-state index in [2.05, 4.69) is 10.6 Å². The van der Waals surface area contributed by atoms with Gasteiger partial charge in [-0.05, 0) is 35.7 Å². The summed E-state index contributed by atoms with van der Waals surface area (Å²) < 4.78 is 0. The molecule has 120 valence electrons. The minimum absolute atomic E-state index is 0.116. The van der Waals surface area contributed by atoms with Crippen LogP contribution in [0.25, 0.3) is 0 Å². The molecule has 0 unspecified atom stereocenters. The Morgan fingerprint density at radius 1 is 0.826 bits per heavy atom. The quantitative estimate of drug-likeness (QED) is 0.861. The zero-order valence-electron chi connectivity index (χ0n) is 13.5. The fraction of sp³-hybridized carbons (Fsp3) is 0.263. The molecule has 23 heavy (non-hydrogen) atoms. The van der Waals surface area contributed by atoms with Gasteiger partial charge in [-0.15, -0.1) is 0 Å². The van der Waals surface area contributed by atoms with Crippen LogP contribution in [0.5, 0.6) is 0 Å². The summed E-state index contributed by atoms with van der Waals surface area (Å²) in [5.41, 5.74) is 2.15. The number of benzene rings is 2. The number of carbonyl (C=O) groups excluding carboxylic acids is 2. The second kappa shape index (κ2) is 8.13. The number of hydrogen-bond donors (Lipinski definition) is 2. The first kappa shape index (κ1) is 16.7. The summed E-state index contributed by atoms with van der Waals surface area (Å²) in [5.74, 6) is 0.139. The summed E-state index contributed by atoms with van der Waals surface area (Å²) in [6, 6.07) is 16.4. The van der Waals surface area contributed by atoms with Gasteiger partial charge in [0.1, 0.15) is 0 Å². The van der Waals surface area contributed by atoms with Crippen molar-refractivity contribution in [3.63, 3.8) is 0 Å². The SMILES string of the molecule is CC(C)CNC(=O)c1ccc(C(=O)NCc2ccccc2)cc1. The predicted molar refractivity (Wildman–Crippen MR) is 91.2 cm³/mol. The van der Waals surface area contributed by atoms with E-state index < -0.39 is 0 Å². The molecule has 0 spiro atoms. The molecule has 2 amide bonds. The average molecular weight is 310 g/mol. The Morgan fingerprint density at radius 2 is 1.35 bits per heavy atom. The Labute approximate surface area is 136 Å². The highest BCUT2D eigenvalue weighted by molar-refractivity contribution is 5.97. The Bertz CT molecular complexity index is 649. The molecule has 4 nitrogen and oxygen atoms in total. The first-order valence-corrected chi connectivity index (χ1v) is 7.76. The lowest BCUT2D eigenvalue weighted by Gasteiger charge is -2.08. The van der Waals surface area contributed by atoms with E-state index >= 15 is 0 Å². The van der Waals surface area contributed by atoms with Gasteiger partial charge in [0.15, 0.2) is 0 Å². The van der Waals surface area contributed by atoms with Crippen molar-refractivity contribution in [2.75, 3.05) is 6.54 Å². The van der Waals surface area contributed by atoms with Crippen LogP contribution in [0.1, 0.15) is 40.1 Å². The van der Waals surface area contributed by atoms with Gasteiger partial charge in [0.2, 0.25) is 0 Å². The van der Waals surface area contributed by atoms with Crippen LogP contribution in [0.2, 0.25) is 0 Å². The number of nitrogens with one attached hydrogen (secondary N) is 2. The first-order valence-electron chi connectivity index (χ1n) is 7.76. The van der Waals surface area contributed by atoms with Crippen LogP contribution >= 0.6 is 0 Å². The molecule has 0 aromatic heterocycles. The van der Waals surface area contributed by atoms with Crippen molar-refractivity contribution >= 4 is 11.8 Å². The lowest BCUT2D eigenvalue weighted by molar-refractivity contribution is 0.0938. The molecule has 2 rings (SSSR count). The lowest BCUT2D eigenvalue weighted by Crippen LogP contribution is -2.27. The summed E-state index contributed by atoms with van der Waals surface area (Å²) in [6.45, 7) is 5.20. The molecular formula is C19H22N2O2. The van der Waals surface area contributed by atoms with E-state index in [0.717, 1.165) is 5.56 Å². The van der Waals surface area contributed by atoms with Crippen molar-refractivity contribution in [3.8, 4) is 0 Å². The molecular weight excluding hydrogens is 288 g/mol. The molecule has 0 atom stereocenters. The molecule has 0 aliphatic rings. The standard InChI is InChI=1S/C19H22N2O2/c1-14(2)12-20-18(22)16-8-10-17(11-9-16)19(23)21-13-15-6-4-3-5-7-15/h3-11,14H,12-13H2,1-2H3,(H,20,22)(H,21,23). The van der Waals surface area contributed by atoms with Crippen LogP contribution in [-0.4, -0.2) is 18.4 Å². The highest BCUT2D eigenvalue weighted by Crippen LogP contribution is 2.06. The fourth-order valence-electron chi connectivity index (χ4n) is 2.05. The molecule has 0 saturated heterocycles. The third kappa shape index (κ3) is 5.25. The van der Waals surface area contributed by atoms with E-state index in [1.54, 1.807) is 24.3 Å². The van der Waals surface area contributed by atoms with Gasteiger partial charge in [-0.25, -0.2) is 0 Å². The van der Waals surface area contributed by atoms with Crippen molar-refractivity contribution in [3.05, 3.63) is 71.3 Å². The first-order chi connectivity index (χ1) is 11.1. The van der Waals surface area contributed by atoms with Crippen molar-refractivity contribution in [2.45, 2.75) is 20.4 Å². The zero-order valence-corrected chi connectivity index (χ0v) is 13.5. The summed E-state index contributed by atoms with van der Waals surface area (Å²) in [5, 5.41) is 5.72. The Kier molecular flexibility index (Phi) is 5.92. The van der Waals surface area contributed by atoms with Crippen molar-refractivity contribution in [1.82, 2.24) is 10.6 Å². The summed E-state index contributed by atoms with van der Waals surface area (Å²) in [6.07, 6.45) is 0. The third-order valence-corrected chi connectivity index (χ3v) is 3.38. The maximum absolute atomic E-state index is 12.1. The van der Waals surface area contributed by atoms with Crippen LogP contribution in [-0.2, 0) is 6.54 Å². The average Bonchev–Trinajstić information content (AvgIpc) is 2.58. The maximum atomic E-state index is 12.1. The molecule has 0 fully saturated rings. The second-order valence-electron chi connectivity index (χ2n) is 5.85. The van der Waals surface area contributed by atoms with E-state index in [1.807, 2.05) is 44.2 Å². The molecule has 2 aromatic carbocycles. The number of carbonyl (C=O) groups is 2. The summed E-state index contributed by atoms with van der Waals surface area (Å²) in [4.78, 5) is 24.0. The van der Waals surface area contributed by atoms with Crippen LogP contribution in [0.15, 0.2) is 54.6 Å². The summed E-state index contributed by atoms with van der Waals surface area (Å²) >= 11 is 0. The van der Waals surface area contributed by atoms with Gasteiger partial charge in [0.05, 0.1) is 0 Å². The van der Waals surface area contributed by atoms with Gasteiger partial charge in [-0.1, -0.05) is 44.2 Å². The monoisotopic (exact) mass is 310 g/mol. The lowest BCUT2D eigenvalue weighted by atomic mass is 10.1. The van der Waals surface area contributed by atoms with Gasteiger partial charge >= 0.3 is 0 Å². The molecule has 4 heteroatoms. The minimum atomic E-state index is -0.150. The third-order valence-electron chi connectivity index (χ3n) is 3.38. The van der Waals surface area contributed by atoms with E-state index in [9.17, 15) is 9.59 Å². The number of amides is 2. The molecule has 0 bridgehead atoms. The van der Waals surface area contributed by atoms with E-state index in [-0.39, 0.29) is 11.8 Å². The Balaban J connectivity index is 1.91. The Morgan fingerprint density at radius 3 is 1.87 bits per heavy atom. The summed E-state index contributed by atoms with van der Waals surface area (Å²) in [7, 11) is 0. The largest absolute Gasteiger partial charge is 0.352 e. The van der Waals surface area contributed by atoms with Gasteiger partial charge in [0, 0.05) is 24.2 Å². The van der Waals surface area contributed by atoms with Crippen LogP contribution in [0.3, 0.4) is 0 Å². The van der Waals surface area contributed by atoms with E-state index in [0.29, 0.717) is 30.1 Å². The smallest absolute Gasteiger partial charge is 0.251 e. The van der Waals surface area contributed by atoms with Crippen LogP contribution in [0, 0.1) is 5.92 Å². The van der Waals surface area contributed by atoms with Gasteiger partial charge in [-0.3, -0.25) is 9.59 Å². The minimum Gasteiger partial charge on any atom is -0.352 e. The molecule has 0 saturated carbocycles. The normalized spacial score (nSPS) is 10.4. The second-order valence-corrected chi connectivity index (χ2v) is 5.85. The molecule has 0 aliphatic heterocycles. The molecule has 0 aliphatic carbocycles. The highest BCUT2D eigenvalue weighted by Gasteiger charge is 2.09. The highest BCUT2D eigenvalue weighted by atomic mass is 16.2. The fourth-order valence-corrected chi connectivity index (χ4v) is 2.05. The van der Waals surface area contributed by atoms with Crippen LogP contribution < -0.4 is 10.6 Å². The van der Waals surface area contributed by atoms with Crippen molar-refractivity contribution in [1.29, 1.82) is 0 Å². The molecule has 0 heterocycles. The van der Waals surface area contributed by atoms with E-state index in [4.69, 9.17) is 0 Å². The van der Waals surface area contributed by atoms with Gasteiger partial charge in [0.25, 0.3) is 11.8 Å². The predicted octanol–water partition coefficient (Wildman–Crippen LogP) is 3.00. The van der Waals surface area contributed by atoms with Crippen molar-refractivity contribution < 1.29 is 9.59 Å². The van der Waals surface area contributed by atoms with Gasteiger partial charge < -0.3 is 10.6 Å². The Hall–Kier alpha value is -2.62. The number of hydrogen-bond acceptors (Lipinski definition) is 2. The molecule has 2 N–H and O–H groups in total. The number of rotatable bonds is 6. The van der Waals surface area contributed by atoms with Gasteiger partial charge in [-0.2, -0.15) is 0 Å². The molecule has 2 aromatic rings. The maximum Gasteiger partial charge on any atom is 0.251 e. The van der Waals surface area contributed by atoms with Crippen molar-refractivity contribution in [2.24, 2.45) is 5.92 Å².